The van der Waals surface area contributed by atoms with Crippen molar-refractivity contribution < 1.29 is 35.8 Å². The van der Waals surface area contributed by atoms with E-state index < -0.39 is 35.2 Å². The third kappa shape index (κ3) is 2.85. The van der Waals surface area contributed by atoms with Gasteiger partial charge in [-0.15, -0.1) is 0 Å². The highest BCUT2D eigenvalue weighted by Gasteiger charge is 2.64. The fourth-order valence-electron chi connectivity index (χ4n) is 2.29. The van der Waals surface area contributed by atoms with Gasteiger partial charge in [0.2, 0.25) is 0 Å². The normalized spacial score (nSPS) is 31.3. The molecule has 0 aromatic carbocycles. The number of hydrogen-bond acceptors (Lipinski definition) is 2. The molecule has 2 nitrogen and oxygen atoms in total. The van der Waals surface area contributed by atoms with Gasteiger partial charge in [-0.2, -0.15) is 26.3 Å². The highest BCUT2D eigenvalue weighted by molar-refractivity contribution is 5.34. The summed E-state index contributed by atoms with van der Waals surface area (Å²) in [5.74, 6) is -12.6. The summed E-state index contributed by atoms with van der Waals surface area (Å²) in [6, 6.07) is 0. The zero-order valence-corrected chi connectivity index (χ0v) is 12.0. The van der Waals surface area contributed by atoms with Crippen LogP contribution < -0.4 is 0 Å². The fraction of sp³-hybridized carbons (Fsp3) is 0.714. The molecule has 8 heteroatoms. The molecule has 0 aromatic rings. The zero-order chi connectivity index (χ0) is 16.8. The Kier molecular flexibility index (Phi) is 4.27. The monoisotopic (exact) mass is 330 g/mol. The van der Waals surface area contributed by atoms with E-state index in [1.165, 1.54) is 0 Å². The lowest BCUT2D eigenvalue weighted by atomic mass is 9.95. The highest BCUT2D eigenvalue weighted by Crippen LogP contribution is 2.49. The molecule has 0 radical (unpaired) electrons. The molecule has 0 saturated carbocycles. The summed E-state index contributed by atoms with van der Waals surface area (Å²) in [4.78, 5) is 0. The Morgan fingerprint density at radius 3 is 2.32 bits per heavy atom. The Morgan fingerprint density at radius 1 is 1.14 bits per heavy atom. The lowest BCUT2D eigenvalue weighted by Gasteiger charge is -2.36. The van der Waals surface area contributed by atoms with Crippen molar-refractivity contribution in [1.82, 2.24) is 0 Å². The van der Waals surface area contributed by atoms with E-state index in [-0.39, 0.29) is 19.1 Å². The van der Waals surface area contributed by atoms with Crippen LogP contribution in [0.3, 0.4) is 0 Å². The topological polar surface area (TPSA) is 18.5 Å². The van der Waals surface area contributed by atoms with Crippen LogP contribution in [0.15, 0.2) is 23.5 Å². The molecule has 0 aromatic heterocycles. The molecule has 126 valence electrons. The summed E-state index contributed by atoms with van der Waals surface area (Å²) in [6.07, 6.45) is -2.79. The molecule has 2 aliphatic rings. The van der Waals surface area contributed by atoms with Crippen molar-refractivity contribution in [3.63, 3.8) is 0 Å². The quantitative estimate of drug-likeness (QED) is 0.708. The molecule has 1 aliphatic carbocycles. The standard InChI is InChI=1S/C14H16F6O2/c1-8-3-6-11(13(17,18)12(8,15)16)22-14(19,20)10-5-4-9(2)21-7-10/h3,6,9-10H,4-5,7H2,1-2H3. The van der Waals surface area contributed by atoms with Crippen molar-refractivity contribution >= 4 is 0 Å². The molecule has 22 heavy (non-hydrogen) atoms. The van der Waals surface area contributed by atoms with Crippen molar-refractivity contribution in [3.8, 4) is 0 Å². The van der Waals surface area contributed by atoms with Gasteiger partial charge in [0.05, 0.1) is 18.6 Å². The Hall–Kier alpha value is -1.18. The first-order valence-corrected chi connectivity index (χ1v) is 6.82. The average Bonchev–Trinajstić information content (AvgIpc) is 2.41. The van der Waals surface area contributed by atoms with Gasteiger partial charge in [0.15, 0.2) is 5.76 Å². The number of halogens is 6. The summed E-state index contributed by atoms with van der Waals surface area (Å²) in [6.45, 7) is 2.12. The zero-order valence-electron chi connectivity index (χ0n) is 12.0. The summed E-state index contributed by atoms with van der Waals surface area (Å²) in [5.41, 5.74) is -0.914. The van der Waals surface area contributed by atoms with Gasteiger partial charge in [-0.05, 0) is 32.8 Å². The number of rotatable bonds is 3. The average molecular weight is 330 g/mol. The van der Waals surface area contributed by atoms with Gasteiger partial charge >= 0.3 is 18.0 Å². The molecule has 0 N–H and O–H groups in total. The molecule has 1 aliphatic heterocycles. The minimum atomic E-state index is -4.82. The van der Waals surface area contributed by atoms with Crippen molar-refractivity contribution in [2.24, 2.45) is 5.92 Å². The number of allylic oxidation sites excluding steroid dienone is 4. The molecule has 2 unspecified atom stereocenters. The number of hydrogen-bond donors (Lipinski definition) is 0. The predicted octanol–water partition coefficient (Wildman–Crippen LogP) is 4.53. The predicted molar refractivity (Wildman–Crippen MR) is 65.9 cm³/mol. The minimum Gasteiger partial charge on any atom is -0.430 e. The maximum atomic E-state index is 14.0. The first-order chi connectivity index (χ1) is 9.98. The van der Waals surface area contributed by atoms with Crippen LogP contribution in [0.2, 0.25) is 0 Å². The largest absolute Gasteiger partial charge is 0.430 e. The number of ether oxygens (including phenoxy) is 2. The van der Waals surface area contributed by atoms with Crippen LogP contribution in [-0.2, 0) is 9.47 Å². The lowest BCUT2D eigenvalue weighted by Crippen LogP contribution is -2.48. The molecule has 2 rings (SSSR count). The van der Waals surface area contributed by atoms with Crippen LogP contribution in [-0.4, -0.2) is 30.7 Å². The van der Waals surface area contributed by atoms with E-state index in [0.29, 0.717) is 18.6 Å². The molecular weight excluding hydrogens is 314 g/mol. The maximum Gasteiger partial charge on any atom is 0.402 e. The van der Waals surface area contributed by atoms with E-state index >= 15 is 0 Å². The Labute approximate surface area is 123 Å². The molecule has 2 atom stereocenters. The van der Waals surface area contributed by atoms with E-state index in [1.54, 1.807) is 6.92 Å². The smallest absolute Gasteiger partial charge is 0.402 e. The third-order valence-corrected chi connectivity index (χ3v) is 3.91. The van der Waals surface area contributed by atoms with Crippen LogP contribution in [0.4, 0.5) is 26.3 Å². The first-order valence-electron chi connectivity index (χ1n) is 6.82. The molecule has 0 bridgehead atoms. The SMILES string of the molecule is CC1=CC=C(OC(F)(F)C2CCC(C)OC2)C(F)(F)C1(F)F. The molecule has 0 amide bonds. The van der Waals surface area contributed by atoms with E-state index in [1.807, 2.05) is 0 Å². The van der Waals surface area contributed by atoms with Crippen LogP contribution in [0, 0.1) is 5.92 Å². The van der Waals surface area contributed by atoms with Gasteiger partial charge in [0.1, 0.15) is 0 Å². The van der Waals surface area contributed by atoms with E-state index in [9.17, 15) is 26.3 Å². The van der Waals surface area contributed by atoms with Gasteiger partial charge in [-0.25, -0.2) is 0 Å². The van der Waals surface area contributed by atoms with E-state index in [2.05, 4.69) is 4.74 Å². The lowest BCUT2D eigenvalue weighted by molar-refractivity contribution is -0.295. The minimum absolute atomic E-state index is 0.00171. The summed E-state index contributed by atoms with van der Waals surface area (Å²) in [5, 5.41) is 0. The summed E-state index contributed by atoms with van der Waals surface area (Å²) >= 11 is 0. The molecule has 1 saturated heterocycles. The van der Waals surface area contributed by atoms with Crippen LogP contribution in [0.1, 0.15) is 26.7 Å². The summed E-state index contributed by atoms with van der Waals surface area (Å²) in [7, 11) is 0. The van der Waals surface area contributed by atoms with Crippen LogP contribution >= 0.6 is 0 Å². The van der Waals surface area contributed by atoms with Crippen molar-refractivity contribution in [3.05, 3.63) is 23.5 Å². The van der Waals surface area contributed by atoms with Crippen LogP contribution in [0.5, 0.6) is 0 Å². The van der Waals surface area contributed by atoms with Crippen LogP contribution in [0.25, 0.3) is 0 Å². The second-order valence-corrected chi connectivity index (χ2v) is 5.61. The molecule has 0 spiro atoms. The second kappa shape index (κ2) is 5.47. The Morgan fingerprint density at radius 2 is 1.77 bits per heavy atom. The molecular formula is C14H16F6O2. The summed E-state index contributed by atoms with van der Waals surface area (Å²) < 4.78 is 91.4. The van der Waals surface area contributed by atoms with E-state index in [4.69, 9.17) is 4.74 Å². The van der Waals surface area contributed by atoms with Gasteiger partial charge in [0.25, 0.3) is 0 Å². The van der Waals surface area contributed by atoms with Gasteiger partial charge in [0, 0.05) is 5.57 Å². The highest BCUT2D eigenvalue weighted by atomic mass is 19.3. The van der Waals surface area contributed by atoms with Crippen molar-refractivity contribution in [1.29, 1.82) is 0 Å². The van der Waals surface area contributed by atoms with Gasteiger partial charge < -0.3 is 9.47 Å². The van der Waals surface area contributed by atoms with E-state index in [0.717, 1.165) is 6.92 Å². The van der Waals surface area contributed by atoms with Crippen molar-refractivity contribution in [2.75, 3.05) is 6.61 Å². The van der Waals surface area contributed by atoms with Gasteiger partial charge in [-0.1, -0.05) is 6.08 Å². The second-order valence-electron chi connectivity index (χ2n) is 5.61. The number of alkyl halides is 6. The fourth-order valence-corrected chi connectivity index (χ4v) is 2.29. The Bertz CT molecular complexity index is 490. The maximum absolute atomic E-state index is 14.0. The third-order valence-electron chi connectivity index (χ3n) is 3.91. The first kappa shape index (κ1) is 17.2. The molecule has 1 fully saturated rings. The van der Waals surface area contributed by atoms with Gasteiger partial charge in [-0.3, -0.25) is 0 Å². The molecule has 1 heterocycles. The Balaban J connectivity index is 2.18. The van der Waals surface area contributed by atoms with Crippen molar-refractivity contribution in [2.45, 2.75) is 50.7 Å².